The van der Waals surface area contributed by atoms with Gasteiger partial charge in [-0.05, 0) is 47.4 Å². The van der Waals surface area contributed by atoms with Gasteiger partial charge in [0.2, 0.25) is 11.9 Å². The smallest absolute Gasteiger partial charge is 0.250 e. The van der Waals surface area contributed by atoms with Crippen LogP contribution in [0.25, 0.3) is 12.2 Å². The fourth-order valence-electron chi connectivity index (χ4n) is 2.44. The van der Waals surface area contributed by atoms with E-state index < -0.39 is 11.8 Å². The van der Waals surface area contributed by atoms with Crippen LogP contribution in [-0.4, -0.2) is 23.7 Å². The Morgan fingerprint density at radius 2 is 1.55 bits per heavy atom. The molecule has 0 radical (unpaired) electrons. The lowest BCUT2D eigenvalue weighted by atomic mass is 10.1. The van der Waals surface area contributed by atoms with Crippen LogP contribution in [0, 0.1) is 0 Å². The van der Waals surface area contributed by atoms with Gasteiger partial charge in [0.1, 0.15) is 0 Å². The van der Waals surface area contributed by atoms with Gasteiger partial charge in [0, 0.05) is 17.2 Å². The summed E-state index contributed by atoms with van der Waals surface area (Å²) < 4.78 is 0. The molecule has 31 heavy (non-hydrogen) atoms. The lowest BCUT2D eigenvalue weighted by Crippen LogP contribution is -2.42. The fourth-order valence-corrected chi connectivity index (χ4v) is 2.56. The van der Waals surface area contributed by atoms with Crippen LogP contribution in [0.3, 0.4) is 0 Å². The number of hydrogen-bond acceptors (Lipinski definition) is 4. The molecular formula is C22H23ClN6O2. The Hall–Kier alpha value is -3.91. The Morgan fingerprint density at radius 1 is 0.935 bits per heavy atom. The summed E-state index contributed by atoms with van der Waals surface area (Å²) in [6, 6.07) is 14.6. The van der Waals surface area contributed by atoms with E-state index in [0.29, 0.717) is 5.02 Å². The number of carbonyl (C=O) groups is 2. The van der Waals surface area contributed by atoms with E-state index in [-0.39, 0.29) is 11.9 Å². The Balaban J connectivity index is 2.07. The van der Waals surface area contributed by atoms with Crippen molar-refractivity contribution in [2.24, 2.45) is 21.7 Å². The number of guanidine groups is 2. The molecule has 0 heterocycles. The van der Waals surface area contributed by atoms with Crippen molar-refractivity contribution in [1.29, 1.82) is 0 Å². The Morgan fingerprint density at radius 3 is 2.16 bits per heavy atom. The fraction of sp³-hybridized carbons (Fsp3) is 0.0909. The van der Waals surface area contributed by atoms with Crippen molar-refractivity contribution < 1.29 is 9.59 Å². The van der Waals surface area contributed by atoms with Gasteiger partial charge < -0.3 is 11.5 Å². The van der Waals surface area contributed by atoms with Crippen LogP contribution in [0.1, 0.15) is 23.6 Å². The van der Waals surface area contributed by atoms with Gasteiger partial charge >= 0.3 is 0 Å². The molecule has 0 saturated heterocycles. The quantitative estimate of drug-likeness (QED) is 0.238. The minimum Gasteiger partial charge on any atom is -0.369 e. The second-order valence-electron chi connectivity index (χ2n) is 6.22. The second-order valence-corrected chi connectivity index (χ2v) is 6.66. The summed E-state index contributed by atoms with van der Waals surface area (Å²) >= 11 is 5.84. The third kappa shape index (κ3) is 8.55. The minimum atomic E-state index is -0.542. The topological polar surface area (TPSA) is 135 Å². The Kier molecular flexibility index (Phi) is 9.00. The molecule has 0 aliphatic carbocycles. The molecule has 8 nitrogen and oxygen atoms in total. The van der Waals surface area contributed by atoms with Crippen molar-refractivity contribution in [3.05, 3.63) is 82.4 Å². The lowest BCUT2D eigenvalue weighted by molar-refractivity contribution is -0.115. The van der Waals surface area contributed by atoms with Crippen molar-refractivity contribution in [3.63, 3.8) is 0 Å². The SMILES string of the molecule is CCc1ccccc1C=CC(=O)NC(=NN=C(N)N)NC(=O)C=Cc1ccc(Cl)cc1. The molecule has 2 amide bonds. The molecule has 0 bridgehead atoms. The molecular weight excluding hydrogens is 416 g/mol. The van der Waals surface area contributed by atoms with E-state index in [1.165, 1.54) is 12.2 Å². The van der Waals surface area contributed by atoms with Crippen LogP contribution in [0.2, 0.25) is 5.02 Å². The maximum Gasteiger partial charge on any atom is 0.250 e. The molecule has 160 valence electrons. The highest BCUT2D eigenvalue weighted by Crippen LogP contribution is 2.11. The van der Waals surface area contributed by atoms with Gasteiger partial charge in [-0.2, -0.15) is 0 Å². The summed E-state index contributed by atoms with van der Waals surface area (Å²) in [6.07, 6.45) is 6.68. The molecule has 0 saturated carbocycles. The highest BCUT2D eigenvalue weighted by atomic mass is 35.5. The molecule has 2 aromatic carbocycles. The van der Waals surface area contributed by atoms with Crippen LogP contribution >= 0.6 is 11.6 Å². The molecule has 0 fully saturated rings. The zero-order valence-electron chi connectivity index (χ0n) is 16.9. The average molecular weight is 439 g/mol. The van der Waals surface area contributed by atoms with Gasteiger partial charge in [0.15, 0.2) is 0 Å². The summed E-state index contributed by atoms with van der Waals surface area (Å²) in [5, 5.41) is 12.6. The third-order valence-electron chi connectivity index (χ3n) is 3.90. The largest absolute Gasteiger partial charge is 0.369 e. The summed E-state index contributed by atoms with van der Waals surface area (Å²) in [7, 11) is 0. The molecule has 0 atom stereocenters. The number of nitrogens with two attached hydrogens (primary N) is 2. The van der Waals surface area contributed by atoms with E-state index in [9.17, 15) is 9.59 Å². The number of nitrogens with zero attached hydrogens (tertiary/aromatic N) is 2. The number of carbonyl (C=O) groups excluding carboxylic acids is 2. The molecule has 0 spiro atoms. The van der Waals surface area contributed by atoms with Crippen molar-refractivity contribution in [2.75, 3.05) is 0 Å². The molecule has 0 aromatic heterocycles. The van der Waals surface area contributed by atoms with Crippen LogP contribution in [0.15, 0.2) is 70.9 Å². The highest BCUT2D eigenvalue weighted by molar-refractivity contribution is 6.30. The first-order valence-corrected chi connectivity index (χ1v) is 9.73. The van der Waals surface area contributed by atoms with Crippen LogP contribution < -0.4 is 22.1 Å². The predicted octanol–water partition coefficient (Wildman–Crippen LogP) is 2.41. The first-order valence-electron chi connectivity index (χ1n) is 9.35. The average Bonchev–Trinajstić information content (AvgIpc) is 2.75. The number of benzene rings is 2. The summed E-state index contributed by atoms with van der Waals surface area (Å²) in [5.74, 6) is -1.61. The lowest BCUT2D eigenvalue weighted by Gasteiger charge is -2.06. The van der Waals surface area contributed by atoms with E-state index in [2.05, 4.69) is 20.8 Å². The van der Waals surface area contributed by atoms with Crippen molar-refractivity contribution >= 4 is 47.5 Å². The molecule has 9 heteroatoms. The monoisotopic (exact) mass is 438 g/mol. The van der Waals surface area contributed by atoms with Crippen LogP contribution in [0.5, 0.6) is 0 Å². The molecule has 2 aromatic rings. The molecule has 0 unspecified atom stereocenters. The standard InChI is InChI=1S/C22H23ClN6O2/c1-2-16-5-3-4-6-17(16)10-14-20(31)27-22(29-28-21(24)25)26-19(30)13-9-15-7-11-18(23)12-8-15/h3-14H,2H2,1H3,(H4,24,25,28)(H2,26,27,29,30,31). The van der Waals surface area contributed by atoms with E-state index in [1.807, 2.05) is 31.2 Å². The molecule has 0 aliphatic heterocycles. The van der Waals surface area contributed by atoms with Gasteiger partial charge in [-0.15, -0.1) is 10.2 Å². The van der Waals surface area contributed by atoms with Gasteiger partial charge in [0.05, 0.1) is 0 Å². The first kappa shape index (κ1) is 23.4. The van der Waals surface area contributed by atoms with Crippen molar-refractivity contribution in [3.8, 4) is 0 Å². The maximum atomic E-state index is 12.3. The number of aryl methyl sites for hydroxylation is 1. The number of amides is 2. The summed E-state index contributed by atoms with van der Waals surface area (Å²) in [4.78, 5) is 24.5. The highest BCUT2D eigenvalue weighted by Gasteiger charge is 2.07. The van der Waals surface area contributed by atoms with Crippen molar-refractivity contribution in [2.45, 2.75) is 13.3 Å². The predicted molar refractivity (Wildman–Crippen MR) is 125 cm³/mol. The molecule has 2 rings (SSSR count). The molecule has 0 aliphatic rings. The number of hydrogen-bond donors (Lipinski definition) is 4. The van der Waals surface area contributed by atoms with Gasteiger partial charge in [-0.1, -0.05) is 54.9 Å². The Bertz CT molecular complexity index is 1040. The third-order valence-corrected chi connectivity index (χ3v) is 4.15. The summed E-state index contributed by atoms with van der Waals surface area (Å²) in [6.45, 7) is 2.03. The van der Waals surface area contributed by atoms with E-state index in [1.54, 1.807) is 36.4 Å². The van der Waals surface area contributed by atoms with E-state index in [0.717, 1.165) is 23.1 Å². The van der Waals surface area contributed by atoms with Gasteiger partial charge in [0.25, 0.3) is 11.8 Å². The van der Waals surface area contributed by atoms with Crippen LogP contribution in [-0.2, 0) is 16.0 Å². The number of halogens is 1. The van der Waals surface area contributed by atoms with Crippen LogP contribution in [0.4, 0.5) is 0 Å². The minimum absolute atomic E-state index is 0.224. The summed E-state index contributed by atoms with van der Waals surface area (Å²) in [5.41, 5.74) is 13.3. The van der Waals surface area contributed by atoms with Gasteiger partial charge in [-0.3, -0.25) is 20.2 Å². The number of nitrogens with one attached hydrogen (secondary N) is 2. The van der Waals surface area contributed by atoms with E-state index in [4.69, 9.17) is 23.1 Å². The zero-order valence-corrected chi connectivity index (χ0v) is 17.6. The second kappa shape index (κ2) is 11.9. The maximum absolute atomic E-state index is 12.3. The Labute approximate surface area is 185 Å². The molecule has 6 N–H and O–H groups in total. The van der Waals surface area contributed by atoms with Crippen molar-refractivity contribution in [1.82, 2.24) is 10.6 Å². The normalized spacial score (nSPS) is 11.5. The zero-order chi connectivity index (χ0) is 22.6. The number of rotatable bonds is 6. The van der Waals surface area contributed by atoms with E-state index >= 15 is 0 Å². The van der Waals surface area contributed by atoms with Gasteiger partial charge in [-0.25, -0.2) is 0 Å². The first-order chi connectivity index (χ1) is 14.9.